The number of hydrogen-bond donors (Lipinski definition) is 2. The maximum atomic E-state index is 13.4. The molecular formula is C30H38N2O7. The van der Waals surface area contributed by atoms with E-state index in [0.29, 0.717) is 61.1 Å². The van der Waals surface area contributed by atoms with Crippen LogP contribution >= 0.6 is 0 Å². The Balaban J connectivity index is 1.70. The van der Waals surface area contributed by atoms with E-state index in [0.717, 1.165) is 19.6 Å². The second-order valence-corrected chi connectivity index (χ2v) is 10.4. The molecule has 0 radical (unpaired) electrons. The van der Waals surface area contributed by atoms with Gasteiger partial charge in [0.2, 0.25) is 0 Å². The molecule has 2 aromatic rings. The number of amides is 1. The van der Waals surface area contributed by atoms with Crippen molar-refractivity contribution >= 4 is 17.4 Å². The number of carbonyl (C=O) groups is 2. The number of aliphatic hydroxyl groups excluding tert-OH is 1. The summed E-state index contributed by atoms with van der Waals surface area (Å²) in [5, 5.41) is 21.7. The van der Waals surface area contributed by atoms with Gasteiger partial charge in [-0.25, -0.2) is 0 Å². The second-order valence-electron chi connectivity index (χ2n) is 10.4. The van der Waals surface area contributed by atoms with Crippen molar-refractivity contribution in [3.8, 4) is 17.2 Å². The number of likely N-dealkylation sites (tertiary alicyclic amines) is 1. The summed E-state index contributed by atoms with van der Waals surface area (Å²) < 4.78 is 16.5. The second kappa shape index (κ2) is 12.5. The Kier molecular flexibility index (Phi) is 9.14. The van der Waals surface area contributed by atoms with Crippen LogP contribution in [0.5, 0.6) is 17.2 Å². The molecule has 39 heavy (non-hydrogen) atoms. The van der Waals surface area contributed by atoms with Gasteiger partial charge < -0.3 is 29.3 Å². The van der Waals surface area contributed by atoms with Crippen LogP contribution < -0.4 is 9.47 Å². The highest BCUT2D eigenvalue weighted by Gasteiger charge is 2.46. The molecule has 0 aliphatic carbocycles. The number of ketones is 1. The highest BCUT2D eigenvalue weighted by molar-refractivity contribution is 6.46. The third-order valence-electron chi connectivity index (χ3n) is 7.07. The Bertz CT molecular complexity index is 1230. The molecule has 0 aromatic heterocycles. The van der Waals surface area contributed by atoms with Gasteiger partial charge in [-0.3, -0.25) is 14.5 Å². The van der Waals surface area contributed by atoms with E-state index in [1.165, 1.54) is 18.1 Å². The van der Waals surface area contributed by atoms with Crippen LogP contribution in [0.3, 0.4) is 0 Å². The van der Waals surface area contributed by atoms with E-state index >= 15 is 0 Å². The minimum atomic E-state index is -0.833. The topological polar surface area (TPSA) is 109 Å². The minimum absolute atomic E-state index is 0.0121. The minimum Gasteiger partial charge on any atom is -0.507 e. The molecular weight excluding hydrogens is 500 g/mol. The van der Waals surface area contributed by atoms with Gasteiger partial charge in [-0.15, -0.1) is 0 Å². The predicted octanol–water partition coefficient (Wildman–Crippen LogP) is 3.89. The fourth-order valence-electron chi connectivity index (χ4n) is 5.01. The molecule has 1 amide bonds. The van der Waals surface area contributed by atoms with Crippen LogP contribution in [0.1, 0.15) is 43.0 Å². The first-order chi connectivity index (χ1) is 18.7. The van der Waals surface area contributed by atoms with E-state index in [1.54, 1.807) is 24.3 Å². The molecule has 210 valence electrons. The Labute approximate surface area is 229 Å². The number of phenols is 1. The van der Waals surface area contributed by atoms with E-state index in [-0.39, 0.29) is 22.8 Å². The van der Waals surface area contributed by atoms with Crippen LogP contribution in [0.15, 0.2) is 42.0 Å². The third-order valence-corrected chi connectivity index (χ3v) is 7.07. The average Bonchev–Trinajstić information content (AvgIpc) is 3.17. The highest BCUT2D eigenvalue weighted by Crippen LogP contribution is 2.42. The van der Waals surface area contributed by atoms with Gasteiger partial charge in [0.1, 0.15) is 11.5 Å². The Morgan fingerprint density at radius 1 is 1.10 bits per heavy atom. The van der Waals surface area contributed by atoms with Crippen molar-refractivity contribution in [1.29, 1.82) is 0 Å². The van der Waals surface area contributed by atoms with Crippen LogP contribution in [-0.4, -0.2) is 84.8 Å². The monoisotopic (exact) mass is 538 g/mol. The Morgan fingerprint density at radius 2 is 1.85 bits per heavy atom. The zero-order valence-corrected chi connectivity index (χ0v) is 23.1. The number of phenolic OH excluding ortho intramolecular Hbond substituents is 1. The number of nitrogens with zero attached hydrogens (tertiary/aromatic N) is 2. The lowest BCUT2D eigenvalue weighted by molar-refractivity contribution is -0.140. The Morgan fingerprint density at radius 3 is 2.51 bits per heavy atom. The first-order valence-electron chi connectivity index (χ1n) is 13.4. The van der Waals surface area contributed by atoms with Crippen LogP contribution in [0, 0.1) is 12.8 Å². The number of aliphatic hydroxyl groups is 1. The molecule has 2 aliphatic rings. The highest BCUT2D eigenvalue weighted by atomic mass is 16.5. The van der Waals surface area contributed by atoms with Crippen molar-refractivity contribution in [3.05, 3.63) is 58.7 Å². The van der Waals surface area contributed by atoms with Crippen LogP contribution in [0.4, 0.5) is 0 Å². The Hall–Kier alpha value is -3.56. The summed E-state index contributed by atoms with van der Waals surface area (Å²) in [5.74, 6) is -0.455. The number of aryl methyl sites for hydroxylation is 1. The quantitative estimate of drug-likeness (QED) is 0.267. The van der Waals surface area contributed by atoms with Gasteiger partial charge in [-0.2, -0.15) is 0 Å². The van der Waals surface area contributed by atoms with Crippen LogP contribution in [0.2, 0.25) is 0 Å². The number of aromatic hydroxyl groups is 1. The van der Waals surface area contributed by atoms with E-state index < -0.39 is 17.7 Å². The number of carbonyl (C=O) groups excluding carboxylic acids is 2. The van der Waals surface area contributed by atoms with E-state index in [9.17, 15) is 19.8 Å². The van der Waals surface area contributed by atoms with Crippen molar-refractivity contribution in [2.45, 2.75) is 33.2 Å². The summed E-state index contributed by atoms with van der Waals surface area (Å²) in [5.41, 5.74) is 1.74. The lowest BCUT2D eigenvalue weighted by Crippen LogP contribution is -2.38. The maximum Gasteiger partial charge on any atom is 0.295 e. The number of hydrogen-bond acceptors (Lipinski definition) is 8. The molecule has 2 fully saturated rings. The summed E-state index contributed by atoms with van der Waals surface area (Å²) in [4.78, 5) is 30.5. The van der Waals surface area contributed by atoms with E-state index in [4.69, 9.17) is 14.2 Å². The fraction of sp³-hybridized carbons (Fsp3) is 0.467. The molecule has 2 heterocycles. The molecule has 1 atom stereocenters. The lowest BCUT2D eigenvalue weighted by atomic mass is 9.93. The largest absolute Gasteiger partial charge is 0.507 e. The number of rotatable bonds is 10. The predicted molar refractivity (Wildman–Crippen MR) is 147 cm³/mol. The van der Waals surface area contributed by atoms with Gasteiger partial charge in [0.05, 0.1) is 38.5 Å². The van der Waals surface area contributed by atoms with Crippen molar-refractivity contribution in [1.82, 2.24) is 9.80 Å². The maximum absolute atomic E-state index is 13.4. The molecule has 2 saturated heterocycles. The van der Waals surface area contributed by atoms with Gasteiger partial charge in [-0.1, -0.05) is 19.9 Å². The van der Waals surface area contributed by atoms with Gasteiger partial charge in [-0.05, 0) is 60.7 Å². The molecule has 0 bridgehead atoms. The van der Waals surface area contributed by atoms with Gasteiger partial charge in [0.15, 0.2) is 11.5 Å². The fourth-order valence-corrected chi connectivity index (χ4v) is 5.01. The number of benzene rings is 2. The normalized spacial score (nSPS) is 19.6. The van der Waals surface area contributed by atoms with Gasteiger partial charge >= 0.3 is 0 Å². The molecule has 2 N–H and O–H groups in total. The number of methoxy groups -OCH3 is 1. The zero-order valence-electron chi connectivity index (χ0n) is 23.1. The van der Waals surface area contributed by atoms with Crippen LogP contribution in [-0.2, 0) is 14.3 Å². The van der Waals surface area contributed by atoms with Crippen molar-refractivity contribution < 1.29 is 34.0 Å². The number of ether oxygens (including phenoxy) is 3. The summed E-state index contributed by atoms with van der Waals surface area (Å²) in [7, 11) is 1.43. The van der Waals surface area contributed by atoms with E-state index in [2.05, 4.69) is 18.7 Å². The first kappa shape index (κ1) is 28.4. The third kappa shape index (κ3) is 6.37. The zero-order chi connectivity index (χ0) is 28.1. The van der Waals surface area contributed by atoms with Crippen LogP contribution in [0.25, 0.3) is 5.76 Å². The molecule has 9 nitrogen and oxygen atoms in total. The summed E-state index contributed by atoms with van der Waals surface area (Å²) in [6.45, 7) is 10.6. The molecule has 9 heteroatoms. The van der Waals surface area contributed by atoms with Gasteiger partial charge in [0, 0.05) is 31.7 Å². The van der Waals surface area contributed by atoms with E-state index in [1.807, 2.05) is 13.0 Å². The summed E-state index contributed by atoms with van der Waals surface area (Å²) in [6, 6.07) is 9.15. The van der Waals surface area contributed by atoms with Crippen molar-refractivity contribution in [2.75, 3.05) is 53.1 Å². The molecule has 2 aliphatic heterocycles. The summed E-state index contributed by atoms with van der Waals surface area (Å²) in [6.07, 6.45) is 0.652. The van der Waals surface area contributed by atoms with Crippen molar-refractivity contribution in [3.63, 3.8) is 0 Å². The number of morpholine rings is 1. The summed E-state index contributed by atoms with van der Waals surface area (Å²) >= 11 is 0. The van der Waals surface area contributed by atoms with Gasteiger partial charge in [0.25, 0.3) is 11.7 Å². The smallest absolute Gasteiger partial charge is 0.295 e. The molecule has 4 rings (SSSR count). The lowest BCUT2D eigenvalue weighted by Gasteiger charge is -2.29. The average molecular weight is 539 g/mol. The number of Topliss-reactive ketones (excluding diaryl/α,β-unsaturated/α-hetero) is 1. The molecule has 0 saturated carbocycles. The van der Waals surface area contributed by atoms with Crippen molar-refractivity contribution in [2.24, 2.45) is 5.92 Å². The SMILES string of the molecule is COc1cc(C2/C(=C(\O)c3ccc(OCC(C)C)cc3C)C(=O)C(=O)N2CCCN2CCOCC2)ccc1O. The molecule has 2 aromatic carbocycles. The molecule has 1 unspecified atom stereocenters. The molecule has 0 spiro atoms. The standard InChI is InChI=1S/C30H38N2O7/c1-19(2)18-39-22-7-8-23(20(3)16-22)28(34)26-27(21-6-9-24(33)25(17-21)37-4)32(30(36)29(26)35)11-5-10-31-12-14-38-15-13-31/h6-9,16-17,19,27,33-34H,5,10-15,18H2,1-4H3/b28-26+. The first-order valence-corrected chi connectivity index (χ1v) is 13.4.